The minimum atomic E-state index is 0.107. The molecule has 0 spiro atoms. The van der Waals surface area contributed by atoms with Gasteiger partial charge in [0.2, 0.25) is 5.91 Å². The van der Waals surface area contributed by atoms with Crippen molar-refractivity contribution in [2.75, 3.05) is 7.05 Å². The van der Waals surface area contributed by atoms with Crippen LogP contribution in [0.25, 0.3) is 11.0 Å². The van der Waals surface area contributed by atoms with Crippen LogP contribution < -0.4 is 4.74 Å². The highest BCUT2D eigenvalue weighted by molar-refractivity contribution is 6.31. The Morgan fingerprint density at radius 2 is 2.14 bits per heavy atom. The molecule has 0 N–H and O–H groups in total. The second-order valence-corrected chi connectivity index (χ2v) is 7.98. The number of nitrogens with zero attached hydrogens (tertiary/aromatic N) is 3. The smallest absolute Gasteiger partial charge is 0.223 e. The van der Waals surface area contributed by atoms with Crippen LogP contribution in [-0.4, -0.2) is 33.5 Å². The van der Waals surface area contributed by atoms with Crippen molar-refractivity contribution < 1.29 is 9.53 Å². The summed E-state index contributed by atoms with van der Waals surface area (Å²) in [5.41, 5.74) is 4.24. The van der Waals surface area contributed by atoms with Crippen LogP contribution >= 0.6 is 11.6 Å². The number of carbonyl (C=O) groups excluding carboxylic acids is 1. The molecule has 5 nitrogen and oxygen atoms in total. The standard InChI is InChI=1S/C22H24ClN3O2/c1-14-10-16-11-15(4-7-20(16)28-14)13-25(2)22(27)9-8-21-24-18-12-17(23)5-6-19(18)26(21)3/h4-7,11-12,14H,8-10,13H2,1-3H3/t14-/m1/s1. The van der Waals surface area contributed by atoms with E-state index in [2.05, 4.69) is 18.0 Å². The second kappa shape index (κ2) is 7.47. The summed E-state index contributed by atoms with van der Waals surface area (Å²) in [5.74, 6) is 1.96. The third-order valence-electron chi connectivity index (χ3n) is 5.30. The molecule has 1 aliphatic rings. The van der Waals surface area contributed by atoms with Crippen LogP contribution in [0.2, 0.25) is 5.02 Å². The normalized spacial score (nSPS) is 15.5. The Morgan fingerprint density at radius 3 is 2.96 bits per heavy atom. The van der Waals surface area contributed by atoms with Gasteiger partial charge in [0.05, 0.1) is 11.0 Å². The van der Waals surface area contributed by atoms with Crippen LogP contribution in [-0.2, 0) is 31.2 Å². The topological polar surface area (TPSA) is 47.4 Å². The molecule has 0 saturated heterocycles. The highest BCUT2D eigenvalue weighted by Crippen LogP contribution is 2.29. The minimum Gasteiger partial charge on any atom is -0.490 e. The first-order valence-corrected chi connectivity index (χ1v) is 9.92. The Labute approximate surface area is 169 Å². The summed E-state index contributed by atoms with van der Waals surface area (Å²) in [4.78, 5) is 19.0. The molecule has 2 heterocycles. The van der Waals surface area contributed by atoms with Crippen LogP contribution in [0.3, 0.4) is 0 Å². The van der Waals surface area contributed by atoms with Gasteiger partial charge in [-0.2, -0.15) is 0 Å². The van der Waals surface area contributed by atoms with Crippen LogP contribution in [0.15, 0.2) is 36.4 Å². The SMILES string of the molecule is C[C@@H]1Cc2cc(CN(C)C(=O)CCc3nc4cc(Cl)ccc4n3C)ccc2O1. The lowest BCUT2D eigenvalue weighted by molar-refractivity contribution is -0.130. The molecular formula is C22H24ClN3O2. The number of hydrogen-bond acceptors (Lipinski definition) is 3. The average Bonchev–Trinajstić information content (AvgIpc) is 3.17. The average molecular weight is 398 g/mol. The maximum absolute atomic E-state index is 12.6. The molecule has 1 aliphatic heterocycles. The zero-order valence-corrected chi connectivity index (χ0v) is 17.2. The summed E-state index contributed by atoms with van der Waals surface area (Å²) in [6.45, 7) is 2.67. The fraction of sp³-hybridized carbons (Fsp3) is 0.364. The van der Waals surface area contributed by atoms with Gasteiger partial charge in [-0.1, -0.05) is 23.7 Å². The Kier molecular flexibility index (Phi) is 5.02. The quantitative estimate of drug-likeness (QED) is 0.650. The molecule has 3 aromatic rings. The fourth-order valence-corrected chi connectivity index (χ4v) is 3.96. The molecule has 0 radical (unpaired) electrons. The molecule has 0 bridgehead atoms. The van der Waals surface area contributed by atoms with E-state index in [9.17, 15) is 4.79 Å². The molecule has 2 aromatic carbocycles. The molecular weight excluding hydrogens is 374 g/mol. The van der Waals surface area contributed by atoms with Gasteiger partial charge in [0.1, 0.15) is 17.7 Å². The lowest BCUT2D eigenvalue weighted by atomic mass is 10.1. The van der Waals surface area contributed by atoms with E-state index in [1.165, 1.54) is 5.56 Å². The van der Waals surface area contributed by atoms with Crippen molar-refractivity contribution in [1.82, 2.24) is 14.5 Å². The highest BCUT2D eigenvalue weighted by atomic mass is 35.5. The first-order chi connectivity index (χ1) is 13.4. The number of aromatic nitrogens is 2. The summed E-state index contributed by atoms with van der Waals surface area (Å²) < 4.78 is 7.78. The van der Waals surface area contributed by atoms with E-state index in [4.69, 9.17) is 16.3 Å². The number of rotatable bonds is 5. The van der Waals surface area contributed by atoms with E-state index in [-0.39, 0.29) is 12.0 Å². The maximum Gasteiger partial charge on any atom is 0.223 e. The van der Waals surface area contributed by atoms with Crippen molar-refractivity contribution in [2.24, 2.45) is 7.05 Å². The molecule has 1 aromatic heterocycles. The van der Waals surface area contributed by atoms with Gasteiger partial charge >= 0.3 is 0 Å². The fourth-order valence-electron chi connectivity index (χ4n) is 3.79. The van der Waals surface area contributed by atoms with E-state index in [1.807, 2.05) is 49.0 Å². The van der Waals surface area contributed by atoms with Crippen molar-refractivity contribution >= 4 is 28.5 Å². The molecule has 1 amide bonds. The first-order valence-electron chi connectivity index (χ1n) is 9.54. The zero-order valence-electron chi connectivity index (χ0n) is 16.4. The number of aryl methyl sites for hydroxylation is 2. The molecule has 4 rings (SSSR count). The Balaban J connectivity index is 1.39. The summed E-state index contributed by atoms with van der Waals surface area (Å²) in [6.07, 6.45) is 2.18. The third kappa shape index (κ3) is 3.72. The summed E-state index contributed by atoms with van der Waals surface area (Å²) in [6, 6.07) is 11.9. The maximum atomic E-state index is 12.6. The summed E-state index contributed by atoms with van der Waals surface area (Å²) in [7, 11) is 3.82. The largest absolute Gasteiger partial charge is 0.490 e. The Hall–Kier alpha value is -2.53. The van der Waals surface area contributed by atoms with E-state index >= 15 is 0 Å². The molecule has 6 heteroatoms. The number of imidazole rings is 1. The monoisotopic (exact) mass is 397 g/mol. The van der Waals surface area contributed by atoms with Crippen molar-refractivity contribution in [3.63, 3.8) is 0 Å². The Morgan fingerprint density at radius 1 is 1.32 bits per heavy atom. The molecule has 0 unspecified atom stereocenters. The van der Waals surface area contributed by atoms with Gasteiger partial charge in [0.15, 0.2) is 0 Å². The summed E-state index contributed by atoms with van der Waals surface area (Å²) >= 11 is 6.05. The third-order valence-corrected chi connectivity index (χ3v) is 5.54. The van der Waals surface area contributed by atoms with Gasteiger partial charge in [0, 0.05) is 44.9 Å². The number of halogens is 1. The number of fused-ring (bicyclic) bond motifs is 2. The van der Waals surface area contributed by atoms with Gasteiger partial charge in [-0.05, 0) is 42.3 Å². The number of benzene rings is 2. The number of carbonyl (C=O) groups is 1. The lowest BCUT2D eigenvalue weighted by Gasteiger charge is -2.17. The number of amides is 1. The van der Waals surface area contributed by atoms with E-state index in [0.717, 1.165) is 34.6 Å². The second-order valence-electron chi connectivity index (χ2n) is 7.54. The molecule has 0 fully saturated rings. The molecule has 28 heavy (non-hydrogen) atoms. The van der Waals surface area contributed by atoms with Crippen LogP contribution in [0, 0.1) is 0 Å². The van der Waals surface area contributed by atoms with Gasteiger partial charge < -0.3 is 14.2 Å². The lowest BCUT2D eigenvalue weighted by Crippen LogP contribution is -2.26. The number of hydrogen-bond donors (Lipinski definition) is 0. The molecule has 0 aliphatic carbocycles. The predicted octanol–water partition coefficient (Wildman–Crippen LogP) is 4.14. The van der Waals surface area contributed by atoms with Crippen molar-refractivity contribution in [2.45, 2.75) is 38.8 Å². The highest BCUT2D eigenvalue weighted by Gasteiger charge is 2.20. The first kappa shape index (κ1) is 18.8. The summed E-state index contributed by atoms with van der Waals surface area (Å²) in [5, 5.41) is 0.669. The van der Waals surface area contributed by atoms with Gasteiger partial charge in [-0.3, -0.25) is 4.79 Å². The van der Waals surface area contributed by atoms with Crippen molar-refractivity contribution in [1.29, 1.82) is 0 Å². The van der Waals surface area contributed by atoms with Crippen LogP contribution in [0.5, 0.6) is 5.75 Å². The van der Waals surface area contributed by atoms with Crippen molar-refractivity contribution in [3.05, 3.63) is 58.4 Å². The van der Waals surface area contributed by atoms with Crippen molar-refractivity contribution in [3.8, 4) is 5.75 Å². The minimum absolute atomic E-state index is 0.107. The molecule has 1 atom stereocenters. The van der Waals surface area contributed by atoms with E-state index in [1.54, 1.807) is 4.90 Å². The van der Waals surface area contributed by atoms with Gasteiger partial charge in [-0.25, -0.2) is 4.98 Å². The molecule has 0 saturated carbocycles. The predicted molar refractivity (Wildman–Crippen MR) is 111 cm³/mol. The Bertz CT molecular complexity index is 1040. The van der Waals surface area contributed by atoms with E-state index in [0.29, 0.717) is 24.4 Å². The van der Waals surface area contributed by atoms with Gasteiger partial charge in [-0.15, -0.1) is 0 Å². The van der Waals surface area contributed by atoms with Gasteiger partial charge in [0.25, 0.3) is 0 Å². The zero-order chi connectivity index (χ0) is 19.8. The van der Waals surface area contributed by atoms with E-state index < -0.39 is 0 Å². The van der Waals surface area contributed by atoms with Crippen LogP contribution in [0.1, 0.15) is 30.3 Å². The molecule has 146 valence electrons. The number of ether oxygens (including phenoxy) is 1. The van der Waals surface area contributed by atoms with Crippen LogP contribution in [0.4, 0.5) is 0 Å².